The summed E-state index contributed by atoms with van der Waals surface area (Å²) in [5.41, 5.74) is 0. The Hall–Kier alpha value is -0.940. The van der Waals surface area contributed by atoms with Crippen LogP contribution in [0.15, 0.2) is 0 Å². The fraction of sp³-hybridized carbons (Fsp3) is 0.917. The van der Waals surface area contributed by atoms with Crippen molar-refractivity contribution in [1.82, 2.24) is 4.90 Å². The Morgan fingerprint density at radius 3 is 2.56 bits per heavy atom. The lowest BCUT2D eigenvalue weighted by Crippen LogP contribution is -2.35. The first kappa shape index (κ1) is 13.5. The van der Waals surface area contributed by atoms with E-state index in [1.165, 1.54) is 31.2 Å². The lowest BCUT2D eigenvalue weighted by Gasteiger charge is -2.26. The second-order valence-electron chi connectivity index (χ2n) is 5.49. The lowest BCUT2D eigenvalue weighted by molar-refractivity contribution is -0.162. The summed E-state index contributed by atoms with van der Waals surface area (Å²) in [6, 6.07) is 0. The van der Waals surface area contributed by atoms with Crippen LogP contribution in [-0.2, 0) is 4.74 Å². The average Bonchev–Trinajstić information content (AvgIpc) is 2.86. The van der Waals surface area contributed by atoms with Gasteiger partial charge in [-0.05, 0) is 37.0 Å². The largest absolute Gasteiger partial charge is 0.440 e. The second-order valence-corrected chi connectivity index (χ2v) is 5.49. The number of hydrogen-bond donors (Lipinski definition) is 0. The van der Waals surface area contributed by atoms with E-state index in [4.69, 9.17) is 0 Å². The summed E-state index contributed by atoms with van der Waals surface area (Å²) in [4.78, 5) is 12.7. The topological polar surface area (TPSA) is 29.5 Å². The zero-order valence-corrected chi connectivity index (χ0v) is 10.4. The maximum Gasteiger partial charge on any atom is 0.422 e. The van der Waals surface area contributed by atoms with Crippen LogP contribution in [0.5, 0.6) is 0 Å². The van der Waals surface area contributed by atoms with Crippen molar-refractivity contribution < 1.29 is 22.7 Å². The molecule has 3 nitrogen and oxygen atoms in total. The molecule has 6 heteroatoms. The molecule has 0 aromatic heterocycles. The molecule has 0 aliphatic heterocycles. The predicted molar refractivity (Wildman–Crippen MR) is 59.0 cm³/mol. The van der Waals surface area contributed by atoms with Gasteiger partial charge in [-0.3, -0.25) is 0 Å². The Bertz CT molecular complexity index is 319. The quantitative estimate of drug-likeness (QED) is 0.785. The third-order valence-electron chi connectivity index (χ3n) is 4.06. The highest BCUT2D eigenvalue weighted by Crippen LogP contribution is 2.48. The summed E-state index contributed by atoms with van der Waals surface area (Å²) in [7, 11) is 1.50. The van der Waals surface area contributed by atoms with Crippen LogP contribution >= 0.6 is 0 Å². The molecule has 0 aromatic carbocycles. The van der Waals surface area contributed by atoms with Crippen molar-refractivity contribution in [2.45, 2.75) is 31.9 Å². The molecular formula is C12H18F3NO2. The molecule has 2 aliphatic carbocycles. The summed E-state index contributed by atoms with van der Waals surface area (Å²) in [5, 5.41) is 0. The maximum atomic E-state index is 11.9. The number of carbonyl (C=O) groups excluding carboxylic acids is 1. The van der Waals surface area contributed by atoms with Crippen molar-refractivity contribution in [3.8, 4) is 0 Å². The smallest absolute Gasteiger partial charge is 0.422 e. The molecular weight excluding hydrogens is 247 g/mol. The molecule has 0 saturated heterocycles. The molecule has 3 unspecified atom stereocenters. The predicted octanol–water partition coefficient (Wildman–Crippen LogP) is 3.05. The van der Waals surface area contributed by atoms with E-state index in [-0.39, 0.29) is 0 Å². The Balaban J connectivity index is 1.74. The van der Waals surface area contributed by atoms with Gasteiger partial charge in [0, 0.05) is 13.6 Å². The van der Waals surface area contributed by atoms with Crippen LogP contribution in [0.2, 0.25) is 0 Å². The Labute approximate surface area is 104 Å². The molecule has 2 rings (SSSR count). The first-order valence-electron chi connectivity index (χ1n) is 6.30. The highest BCUT2D eigenvalue weighted by Gasteiger charge is 2.40. The average molecular weight is 265 g/mol. The van der Waals surface area contributed by atoms with Crippen molar-refractivity contribution in [1.29, 1.82) is 0 Å². The fourth-order valence-electron chi connectivity index (χ4n) is 3.28. The zero-order valence-electron chi connectivity index (χ0n) is 10.4. The minimum absolute atomic E-state index is 0.437. The van der Waals surface area contributed by atoms with Crippen LogP contribution in [-0.4, -0.2) is 37.4 Å². The van der Waals surface area contributed by atoms with Crippen LogP contribution in [0.4, 0.5) is 18.0 Å². The monoisotopic (exact) mass is 265 g/mol. The molecule has 0 spiro atoms. The van der Waals surface area contributed by atoms with E-state index in [2.05, 4.69) is 4.74 Å². The number of rotatable bonds is 3. The van der Waals surface area contributed by atoms with Gasteiger partial charge in [-0.15, -0.1) is 0 Å². The van der Waals surface area contributed by atoms with Gasteiger partial charge >= 0.3 is 12.3 Å². The second kappa shape index (κ2) is 4.97. The van der Waals surface area contributed by atoms with Gasteiger partial charge in [0.15, 0.2) is 6.61 Å². The summed E-state index contributed by atoms with van der Waals surface area (Å²) in [5.74, 6) is 1.85. The molecule has 1 amide bonds. The van der Waals surface area contributed by atoms with Crippen molar-refractivity contribution in [3.63, 3.8) is 0 Å². The van der Waals surface area contributed by atoms with Crippen molar-refractivity contribution in [2.24, 2.45) is 17.8 Å². The normalized spacial score (nSPS) is 30.6. The summed E-state index contributed by atoms with van der Waals surface area (Å²) in [6.45, 7) is -0.995. The number of halogens is 3. The van der Waals surface area contributed by atoms with Gasteiger partial charge < -0.3 is 9.64 Å². The van der Waals surface area contributed by atoms with Gasteiger partial charge in [0.25, 0.3) is 0 Å². The van der Waals surface area contributed by atoms with E-state index < -0.39 is 18.9 Å². The minimum atomic E-state index is -4.46. The SMILES string of the molecule is CN(CC1CC2CCC1C2)C(=O)OCC(F)(F)F. The number of alkyl halides is 3. The summed E-state index contributed by atoms with van der Waals surface area (Å²) < 4.78 is 40.0. The van der Waals surface area contributed by atoms with Gasteiger partial charge in [0.1, 0.15) is 0 Å². The number of hydrogen-bond acceptors (Lipinski definition) is 2. The molecule has 2 fully saturated rings. The molecule has 0 aromatic rings. The highest BCUT2D eigenvalue weighted by atomic mass is 19.4. The van der Waals surface area contributed by atoms with E-state index in [1.54, 1.807) is 0 Å². The van der Waals surface area contributed by atoms with Gasteiger partial charge in [0.2, 0.25) is 0 Å². The molecule has 18 heavy (non-hydrogen) atoms. The van der Waals surface area contributed by atoms with Crippen molar-refractivity contribution >= 4 is 6.09 Å². The standard InChI is InChI=1S/C12H18F3NO2/c1-16(11(17)18-7-12(13,14)15)6-10-5-8-2-3-9(10)4-8/h8-10H,2-7H2,1H3. The highest BCUT2D eigenvalue weighted by molar-refractivity contribution is 5.67. The van der Waals surface area contributed by atoms with Crippen LogP contribution in [0.3, 0.4) is 0 Å². The van der Waals surface area contributed by atoms with Gasteiger partial charge in [-0.2, -0.15) is 13.2 Å². The van der Waals surface area contributed by atoms with Crippen LogP contribution < -0.4 is 0 Å². The number of fused-ring (bicyclic) bond motifs is 2. The molecule has 2 aliphatic rings. The maximum absolute atomic E-state index is 11.9. The first-order chi connectivity index (χ1) is 8.35. The van der Waals surface area contributed by atoms with Crippen LogP contribution in [0.25, 0.3) is 0 Å². The molecule has 0 N–H and O–H groups in total. The number of amides is 1. The Morgan fingerprint density at radius 1 is 1.33 bits per heavy atom. The van der Waals surface area contributed by atoms with E-state index in [0.29, 0.717) is 18.4 Å². The van der Waals surface area contributed by atoms with Crippen molar-refractivity contribution in [3.05, 3.63) is 0 Å². The van der Waals surface area contributed by atoms with Gasteiger partial charge in [-0.1, -0.05) is 6.42 Å². The number of carbonyl (C=O) groups is 1. The van der Waals surface area contributed by atoms with E-state index in [1.807, 2.05) is 0 Å². The lowest BCUT2D eigenvalue weighted by atomic mass is 9.88. The summed E-state index contributed by atoms with van der Waals surface area (Å²) >= 11 is 0. The van der Waals surface area contributed by atoms with Crippen molar-refractivity contribution in [2.75, 3.05) is 20.2 Å². The van der Waals surface area contributed by atoms with E-state index in [9.17, 15) is 18.0 Å². The van der Waals surface area contributed by atoms with E-state index >= 15 is 0 Å². The summed E-state index contributed by atoms with van der Waals surface area (Å²) in [6.07, 6.45) is -0.555. The molecule has 104 valence electrons. The molecule has 0 heterocycles. The Morgan fingerprint density at radius 2 is 2.06 bits per heavy atom. The van der Waals surface area contributed by atoms with Gasteiger partial charge in [0.05, 0.1) is 0 Å². The van der Waals surface area contributed by atoms with Gasteiger partial charge in [-0.25, -0.2) is 4.79 Å². The molecule has 0 radical (unpaired) electrons. The van der Waals surface area contributed by atoms with Crippen LogP contribution in [0, 0.1) is 17.8 Å². The molecule has 2 bridgehead atoms. The zero-order chi connectivity index (χ0) is 13.3. The number of ether oxygens (including phenoxy) is 1. The number of nitrogens with zero attached hydrogens (tertiary/aromatic N) is 1. The fourth-order valence-corrected chi connectivity index (χ4v) is 3.28. The Kier molecular flexibility index (Phi) is 3.73. The molecule has 2 saturated carbocycles. The van der Waals surface area contributed by atoms with Crippen LogP contribution in [0.1, 0.15) is 25.7 Å². The third-order valence-corrected chi connectivity index (χ3v) is 4.06. The van der Waals surface area contributed by atoms with E-state index in [0.717, 1.165) is 12.3 Å². The minimum Gasteiger partial charge on any atom is -0.440 e. The third kappa shape index (κ3) is 3.29. The first-order valence-corrected chi connectivity index (χ1v) is 6.30. The molecule has 3 atom stereocenters.